The number of nitrogens with zero attached hydrogens (tertiary/aromatic N) is 3. The van der Waals surface area contributed by atoms with Crippen molar-refractivity contribution in [1.29, 1.82) is 5.26 Å². The average molecular weight is 274 g/mol. The van der Waals surface area contributed by atoms with Crippen LogP contribution in [-0.2, 0) is 0 Å². The van der Waals surface area contributed by atoms with Gasteiger partial charge in [0.25, 0.3) is 0 Å². The first-order valence-corrected chi connectivity index (χ1v) is 6.59. The molecule has 0 aliphatic rings. The molecule has 0 saturated heterocycles. The molecule has 0 spiro atoms. The average Bonchev–Trinajstić information content (AvgIpc) is 2.65. The molecule has 0 aliphatic carbocycles. The van der Waals surface area contributed by atoms with Crippen LogP contribution < -0.4 is 0 Å². The second-order valence-corrected chi connectivity index (χ2v) is 5.43. The van der Waals surface area contributed by atoms with Crippen LogP contribution >= 0.6 is 11.6 Å². The van der Waals surface area contributed by atoms with Gasteiger partial charge in [-0.2, -0.15) is 10.4 Å². The van der Waals surface area contributed by atoms with E-state index in [0.29, 0.717) is 10.7 Å². The third-order valence-electron chi connectivity index (χ3n) is 2.97. The summed E-state index contributed by atoms with van der Waals surface area (Å²) in [5.41, 5.74) is 4.39. The van der Waals surface area contributed by atoms with E-state index in [1.165, 1.54) is 0 Å². The monoisotopic (exact) mass is 273 g/mol. The van der Waals surface area contributed by atoms with Crippen LogP contribution in [0.5, 0.6) is 0 Å². The van der Waals surface area contributed by atoms with E-state index in [1.54, 1.807) is 4.68 Å². The minimum Gasteiger partial charge on any atom is -0.221 e. The van der Waals surface area contributed by atoms with Gasteiger partial charge in [-0.3, -0.25) is 0 Å². The molecule has 0 amide bonds. The lowest BCUT2D eigenvalue weighted by Crippen LogP contribution is -1.99. The van der Waals surface area contributed by atoms with Crippen molar-refractivity contribution in [2.24, 2.45) is 0 Å². The lowest BCUT2D eigenvalue weighted by molar-refractivity contribution is 0.767. The van der Waals surface area contributed by atoms with E-state index in [-0.39, 0.29) is 5.92 Å². The maximum Gasteiger partial charge on any atom is 0.150 e. The lowest BCUT2D eigenvalue weighted by atomic mass is 10.1. The largest absolute Gasteiger partial charge is 0.221 e. The van der Waals surface area contributed by atoms with Crippen molar-refractivity contribution < 1.29 is 0 Å². The van der Waals surface area contributed by atoms with Crippen molar-refractivity contribution in [2.75, 3.05) is 0 Å². The Morgan fingerprint density at radius 3 is 2.21 bits per heavy atom. The Kier molecular flexibility index (Phi) is 3.64. The highest BCUT2D eigenvalue weighted by molar-refractivity contribution is 6.31. The van der Waals surface area contributed by atoms with Crippen molar-refractivity contribution in [3.63, 3.8) is 0 Å². The minimum atomic E-state index is 0.166. The first kappa shape index (κ1) is 13.6. The molecule has 0 bridgehead atoms. The maximum atomic E-state index is 9.23. The molecule has 0 aliphatic heterocycles. The van der Waals surface area contributed by atoms with E-state index < -0.39 is 0 Å². The number of nitriles is 1. The summed E-state index contributed by atoms with van der Waals surface area (Å²) in [5.74, 6) is 0.166. The zero-order valence-corrected chi connectivity index (χ0v) is 12.3. The van der Waals surface area contributed by atoms with Gasteiger partial charge in [0.05, 0.1) is 11.4 Å². The van der Waals surface area contributed by atoms with Gasteiger partial charge in [0.1, 0.15) is 11.6 Å². The normalized spacial score (nSPS) is 10.8. The van der Waals surface area contributed by atoms with E-state index in [9.17, 15) is 5.26 Å². The topological polar surface area (TPSA) is 41.6 Å². The van der Waals surface area contributed by atoms with Crippen LogP contribution in [0.2, 0.25) is 5.15 Å². The molecule has 0 saturated carbocycles. The number of benzene rings is 1. The third-order valence-corrected chi connectivity index (χ3v) is 3.31. The Bertz CT molecular complexity index is 643. The van der Waals surface area contributed by atoms with Gasteiger partial charge in [0, 0.05) is 0 Å². The molecule has 0 fully saturated rings. The number of hydrogen-bond donors (Lipinski definition) is 0. The Hall–Kier alpha value is -1.79. The predicted octanol–water partition coefficient (Wildman–Crippen LogP) is 4.14. The molecule has 1 aromatic carbocycles. The third kappa shape index (κ3) is 2.50. The molecule has 0 atom stereocenters. The highest BCUT2D eigenvalue weighted by Crippen LogP contribution is 2.28. The number of aromatic nitrogens is 2. The Labute approximate surface area is 118 Å². The maximum absolute atomic E-state index is 9.23. The summed E-state index contributed by atoms with van der Waals surface area (Å²) in [6.45, 7) is 8.07. The Morgan fingerprint density at radius 1 is 1.21 bits per heavy atom. The van der Waals surface area contributed by atoms with Crippen molar-refractivity contribution in [3.05, 3.63) is 45.7 Å². The highest BCUT2D eigenvalue weighted by atomic mass is 35.5. The zero-order valence-electron chi connectivity index (χ0n) is 11.5. The molecule has 98 valence electrons. The Morgan fingerprint density at radius 2 is 1.79 bits per heavy atom. The van der Waals surface area contributed by atoms with E-state index >= 15 is 0 Å². The van der Waals surface area contributed by atoms with Gasteiger partial charge in [-0.15, -0.1) is 0 Å². The van der Waals surface area contributed by atoms with Crippen molar-refractivity contribution in [1.82, 2.24) is 9.78 Å². The quantitative estimate of drug-likeness (QED) is 0.825. The van der Waals surface area contributed by atoms with E-state index in [1.807, 2.05) is 39.8 Å². The standard InChI is InChI=1S/C15H16ClN3/c1-9(2)14-13(8-17)15(16)19(18-14)12-6-10(3)5-11(4)7-12/h5-7,9H,1-4H3. The summed E-state index contributed by atoms with van der Waals surface area (Å²) in [6, 6.07) is 8.26. The summed E-state index contributed by atoms with van der Waals surface area (Å²) >= 11 is 6.29. The zero-order chi connectivity index (χ0) is 14.2. The van der Waals surface area contributed by atoms with Crippen LogP contribution in [-0.4, -0.2) is 9.78 Å². The fraction of sp³-hybridized carbons (Fsp3) is 0.333. The number of halogens is 1. The summed E-state index contributed by atoms with van der Waals surface area (Å²) in [7, 11) is 0. The molecule has 2 aromatic rings. The van der Waals surface area contributed by atoms with E-state index in [2.05, 4.69) is 17.2 Å². The summed E-state index contributed by atoms with van der Waals surface area (Å²) in [6.07, 6.45) is 0. The van der Waals surface area contributed by atoms with Gasteiger partial charge in [0.2, 0.25) is 0 Å². The summed E-state index contributed by atoms with van der Waals surface area (Å²) < 4.78 is 1.65. The number of hydrogen-bond acceptors (Lipinski definition) is 2. The fourth-order valence-corrected chi connectivity index (χ4v) is 2.44. The lowest BCUT2D eigenvalue weighted by Gasteiger charge is -2.06. The molecular formula is C15H16ClN3. The molecule has 19 heavy (non-hydrogen) atoms. The highest BCUT2D eigenvalue weighted by Gasteiger charge is 2.19. The molecule has 1 aromatic heterocycles. The molecule has 0 radical (unpaired) electrons. The predicted molar refractivity (Wildman–Crippen MR) is 76.9 cm³/mol. The second kappa shape index (κ2) is 5.07. The van der Waals surface area contributed by atoms with Gasteiger partial charge in [-0.05, 0) is 43.0 Å². The minimum absolute atomic E-state index is 0.166. The molecule has 3 nitrogen and oxygen atoms in total. The van der Waals surface area contributed by atoms with Gasteiger partial charge >= 0.3 is 0 Å². The van der Waals surface area contributed by atoms with Gasteiger partial charge in [-0.1, -0.05) is 31.5 Å². The van der Waals surface area contributed by atoms with Crippen LogP contribution in [0.25, 0.3) is 5.69 Å². The molecule has 2 rings (SSSR count). The molecule has 1 heterocycles. The molecule has 0 unspecified atom stereocenters. The van der Waals surface area contributed by atoms with Crippen molar-refractivity contribution >= 4 is 11.6 Å². The molecule has 4 heteroatoms. The number of aryl methyl sites for hydroxylation is 2. The van der Waals surface area contributed by atoms with Gasteiger partial charge in [-0.25, -0.2) is 4.68 Å². The van der Waals surface area contributed by atoms with Gasteiger partial charge < -0.3 is 0 Å². The van der Waals surface area contributed by atoms with Crippen LogP contribution in [0, 0.1) is 25.2 Å². The smallest absolute Gasteiger partial charge is 0.150 e. The van der Waals surface area contributed by atoms with Crippen LogP contribution in [0.4, 0.5) is 0 Å². The Balaban J connectivity index is 2.67. The summed E-state index contributed by atoms with van der Waals surface area (Å²) in [4.78, 5) is 0. The van der Waals surface area contributed by atoms with Gasteiger partial charge in [0.15, 0.2) is 5.15 Å². The molecular weight excluding hydrogens is 258 g/mol. The first-order valence-electron chi connectivity index (χ1n) is 6.21. The van der Waals surface area contributed by atoms with Crippen LogP contribution in [0.1, 0.15) is 42.1 Å². The first-order chi connectivity index (χ1) is 8.93. The SMILES string of the molecule is Cc1cc(C)cc(-n2nc(C(C)C)c(C#N)c2Cl)c1. The van der Waals surface area contributed by atoms with Crippen molar-refractivity contribution in [2.45, 2.75) is 33.6 Å². The van der Waals surface area contributed by atoms with Crippen LogP contribution in [0.3, 0.4) is 0 Å². The number of rotatable bonds is 2. The molecule has 0 N–H and O–H groups in total. The van der Waals surface area contributed by atoms with Crippen LogP contribution in [0.15, 0.2) is 18.2 Å². The summed E-state index contributed by atoms with van der Waals surface area (Å²) in [5, 5.41) is 14.1. The fourth-order valence-electron chi connectivity index (χ4n) is 2.16. The van der Waals surface area contributed by atoms with Crippen molar-refractivity contribution in [3.8, 4) is 11.8 Å². The van der Waals surface area contributed by atoms with E-state index in [4.69, 9.17) is 11.6 Å². The van der Waals surface area contributed by atoms with E-state index in [0.717, 1.165) is 22.5 Å². The second-order valence-electron chi connectivity index (χ2n) is 5.08.